The van der Waals surface area contributed by atoms with E-state index in [-0.39, 0.29) is 11.7 Å². The predicted molar refractivity (Wildman–Crippen MR) is 90.4 cm³/mol. The van der Waals surface area contributed by atoms with Gasteiger partial charge >= 0.3 is 0 Å². The quantitative estimate of drug-likeness (QED) is 0.753. The lowest BCUT2D eigenvalue weighted by Gasteiger charge is -2.04. The van der Waals surface area contributed by atoms with Crippen molar-refractivity contribution in [3.05, 3.63) is 52.3 Å². The number of nitrogen functional groups attached to an aromatic ring is 1. The molecule has 23 heavy (non-hydrogen) atoms. The highest BCUT2D eigenvalue weighted by Crippen LogP contribution is 2.36. The summed E-state index contributed by atoms with van der Waals surface area (Å²) in [6.45, 7) is 0. The number of nitrogens with zero attached hydrogens (tertiary/aromatic N) is 1. The van der Waals surface area contributed by atoms with Crippen molar-refractivity contribution in [2.45, 2.75) is 19.3 Å². The fourth-order valence-corrected chi connectivity index (χ4v) is 3.88. The Labute approximate surface area is 136 Å². The third-order valence-electron chi connectivity index (χ3n) is 4.06. The van der Waals surface area contributed by atoms with Crippen LogP contribution >= 0.6 is 11.3 Å². The van der Waals surface area contributed by atoms with Crippen molar-refractivity contribution in [1.82, 2.24) is 4.98 Å². The van der Waals surface area contributed by atoms with Gasteiger partial charge in [-0.1, -0.05) is 0 Å². The fourth-order valence-electron chi connectivity index (χ4n) is 2.89. The van der Waals surface area contributed by atoms with Crippen LogP contribution in [-0.2, 0) is 12.8 Å². The van der Waals surface area contributed by atoms with E-state index in [2.05, 4.69) is 16.4 Å². The molecule has 0 bridgehead atoms. The second-order valence-corrected chi connectivity index (χ2v) is 6.61. The molecular formula is C17H14FN3OS. The monoisotopic (exact) mass is 327 g/mol. The van der Waals surface area contributed by atoms with Gasteiger partial charge in [0.1, 0.15) is 15.5 Å². The number of carbonyl (C=O) groups is 1. The zero-order valence-corrected chi connectivity index (χ0v) is 13.0. The number of benzene rings is 1. The van der Waals surface area contributed by atoms with Crippen LogP contribution in [0.1, 0.15) is 27.3 Å². The van der Waals surface area contributed by atoms with Crippen molar-refractivity contribution < 1.29 is 9.18 Å². The second kappa shape index (κ2) is 5.31. The van der Waals surface area contributed by atoms with Crippen molar-refractivity contribution >= 4 is 38.8 Å². The Bertz CT molecular complexity index is 918. The maximum Gasteiger partial charge on any atom is 0.267 e. The summed E-state index contributed by atoms with van der Waals surface area (Å²) in [7, 11) is 0. The van der Waals surface area contributed by atoms with Crippen LogP contribution in [0.25, 0.3) is 10.2 Å². The molecular weight excluding hydrogens is 313 g/mol. The number of aromatic nitrogens is 1. The highest BCUT2D eigenvalue weighted by Gasteiger charge is 2.21. The molecule has 116 valence electrons. The summed E-state index contributed by atoms with van der Waals surface area (Å²) in [5.74, 6) is -0.639. The third-order valence-corrected chi connectivity index (χ3v) is 5.17. The Morgan fingerprint density at radius 2 is 2.04 bits per heavy atom. The number of hydrogen-bond donors (Lipinski definition) is 2. The Hall–Kier alpha value is -2.47. The maximum absolute atomic E-state index is 12.9. The molecule has 0 radical (unpaired) electrons. The Kier molecular flexibility index (Phi) is 3.27. The number of rotatable bonds is 2. The minimum atomic E-state index is -0.344. The Balaban J connectivity index is 1.69. The molecule has 0 aliphatic heterocycles. The van der Waals surface area contributed by atoms with Gasteiger partial charge in [-0.3, -0.25) is 4.79 Å². The number of nitrogens with one attached hydrogen (secondary N) is 1. The molecule has 0 atom stereocenters. The van der Waals surface area contributed by atoms with Crippen molar-refractivity contribution in [3.8, 4) is 0 Å². The fraction of sp³-hybridized carbons (Fsp3) is 0.176. The average molecular weight is 327 g/mol. The number of nitrogens with two attached hydrogens (primary N) is 1. The largest absolute Gasteiger partial charge is 0.397 e. The molecule has 0 spiro atoms. The minimum Gasteiger partial charge on any atom is -0.397 e. The van der Waals surface area contributed by atoms with Gasteiger partial charge in [0.05, 0.1) is 5.69 Å². The molecule has 4 rings (SSSR count). The number of aryl methyl sites for hydroxylation is 2. The van der Waals surface area contributed by atoms with E-state index in [1.165, 1.54) is 41.2 Å². The summed E-state index contributed by atoms with van der Waals surface area (Å²) in [4.78, 5) is 18.3. The lowest BCUT2D eigenvalue weighted by molar-refractivity contribution is 0.103. The molecule has 0 unspecified atom stereocenters. The van der Waals surface area contributed by atoms with Gasteiger partial charge < -0.3 is 11.1 Å². The summed E-state index contributed by atoms with van der Waals surface area (Å²) in [5.41, 5.74) is 9.50. The molecule has 0 saturated heterocycles. The second-order valence-electron chi connectivity index (χ2n) is 5.61. The van der Waals surface area contributed by atoms with Crippen LogP contribution in [0.15, 0.2) is 30.3 Å². The number of anilines is 2. The lowest BCUT2D eigenvalue weighted by atomic mass is 10.1. The first kappa shape index (κ1) is 14.1. The molecule has 0 saturated carbocycles. The predicted octanol–water partition coefficient (Wildman–Crippen LogP) is 3.76. The average Bonchev–Trinajstić information content (AvgIpc) is 3.12. The zero-order chi connectivity index (χ0) is 16.0. The topological polar surface area (TPSA) is 68.0 Å². The molecule has 1 aliphatic carbocycles. The molecule has 1 amide bonds. The van der Waals surface area contributed by atoms with Crippen LogP contribution in [0, 0.1) is 5.82 Å². The van der Waals surface area contributed by atoms with Gasteiger partial charge in [-0.2, -0.15) is 0 Å². The maximum atomic E-state index is 12.9. The van der Waals surface area contributed by atoms with Crippen LogP contribution in [0.4, 0.5) is 15.8 Å². The number of halogens is 1. The van der Waals surface area contributed by atoms with Crippen molar-refractivity contribution in [1.29, 1.82) is 0 Å². The smallest absolute Gasteiger partial charge is 0.267 e. The lowest BCUT2D eigenvalue weighted by Crippen LogP contribution is -2.11. The first-order chi connectivity index (χ1) is 11.1. The van der Waals surface area contributed by atoms with E-state index >= 15 is 0 Å². The van der Waals surface area contributed by atoms with Gasteiger partial charge in [0.15, 0.2) is 0 Å². The van der Waals surface area contributed by atoms with Crippen molar-refractivity contribution in [3.63, 3.8) is 0 Å². The SMILES string of the molecule is Nc1c(C(=O)Nc2ccc(F)cc2)sc2nc3c(cc12)CCC3. The molecule has 1 aromatic carbocycles. The molecule has 2 aromatic heterocycles. The molecule has 0 fully saturated rings. The molecule has 3 N–H and O–H groups in total. The van der Waals surface area contributed by atoms with Gasteiger partial charge in [-0.15, -0.1) is 11.3 Å². The number of carbonyl (C=O) groups excluding carboxylic acids is 1. The highest BCUT2D eigenvalue weighted by atomic mass is 32.1. The van der Waals surface area contributed by atoms with Crippen molar-refractivity contribution in [2.24, 2.45) is 0 Å². The number of amides is 1. The summed E-state index contributed by atoms with van der Waals surface area (Å²) in [6, 6.07) is 7.70. The number of fused-ring (bicyclic) bond motifs is 2. The van der Waals surface area contributed by atoms with Crippen molar-refractivity contribution in [2.75, 3.05) is 11.1 Å². The Morgan fingerprint density at radius 1 is 1.26 bits per heavy atom. The Morgan fingerprint density at radius 3 is 2.83 bits per heavy atom. The van der Waals surface area contributed by atoms with Gasteiger partial charge in [0.2, 0.25) is 0 Å². The van der Waals surface area contributed by atoms with Gasteiger partial charge in [0, 0.05) is 16.8 Å². The van der Waals surface area contributed by atoms with Crippen LogP contribution in [0.3, 0.4) is 0 Å². The number of hydrogen-bond acceptors (Lipinski definition) is 4. The summed E-state index contributed by atoms with van der Waals surface area (Å²) < 4.78 is 12.9. The molecule has 2 heterocycles. The van der Waals surface area contributed by atoms with Gasteiger partial charge in [-0.05, 0) is 55.2 Å². The molecule has 3 aromatic rings. The summed E-state index contributed by atoms with van der Waals surface area (Å²) in [6.07, 6.45) is 3.13. The summed E-state index contributed by atoms with van der Waals surface area (Å²) in [5, 5.41) is 3.59. The van der Waals surface area contributed by atoms with E-state index in [9.17, 15) is 9.18 Å². The highest BCUT2D eigenvalue weighted by molar-refractivity contribution is 7.21. The normalized spacial score (nSPS) is 13.3. The zero-order valence-electron chi connectivity index (χ0n) is 12.2. The van der Waals surface area contributed by atoms with Crippen LogP contribution < -0.4 is 11.1 Å². The van der Waals surface area contributed by atoms with E-state index in [1.807, 2.05) is 0 Å². The molecule has 4 nitrogen and oxygen atoms in total. The van der Waals surface area contributed by atoms with E-state index in [4.69, 9.17) is 5.73 Å². The van der Waals surface area contributed by atoms with E-state index in [0.717, 1.165) is 35.2 Å². The number of thiophene rings is 1. The van der Waals surface area contributed by atoms with Crippen LogP contribution in [0.2, 0.25) is 0 Å². The van der Waals surface area contributed by atoms with E-state index in [0.29, 0.717) is 16.3 Å². The minimum absolute atomic E-state index is 0.294. The molecule has 1 aliphatic rings. The third kappa shape index (κ3) is 2.45. The van der Waals surface area contributed by atoms with E-state index < -0.39 is 0 Å². The van der Waals surface area contributed by atoms with Crippen LogP contribution in [0.5, 0.6) is 0 Å². The first-order valence-corrected chi connectivity index (χ1v) is 8.21. The van der Waals surface area contributed by atoms with Gasteiger partial charge in [-0.25, -0.2) is 9.37 Å². The van der Waals surface area contributed by atoms with E-state index in [1.54, 1.807) is 0 Å². The van der Waals surface area contributed by atoms with Gasteiger partial charge in [0.25, 0.3) is 5.91 Å². The molecule has 6 heteroatoms. The van der Waals surface area contributed by atoms with Crippen LogP contribution in [-0.4, -0.2) is 10.9 Å². The number of pyridine rings is 1. The standard InChI is InChI=1S/C17H14FN3OS/c18-10-4-6-11(7-5-10)20-16(22)15-14(19)12-8-9-2-1-3-13(9)21-17(12)23-15/h4-8H,1-3,19H2,(H,20,22). The first-order valence-electron chi connectivity index (χ1n) is 7.39. The summed E-state index contributed by atoms with van der Waals surface area (Å²) >= 11 is 1.30.